The number of aromatic nitrogens is 2. The summed E-state index contributed by atoms with van der Waals surface area (Å²) < 4.78 is 0. The molecule has 0 radical (unpaired) electrons. The average Bonchev–Trinajstić information content (AvgIpc) is 2.52. The predicted molar refractivity (Wildman–Crippen MR) is 84.3 cm³/mol. The second kappa shape index (κ2) is 10.2. The van der Waals surface area contributed by atoms with E-state index in [2.05, 4.69) is 23.8 Å². The molecule has 19 heavy (non-hydrogen) atoms. The van der Waals surface area contributed by atoms with E-state index in [4.69, 9.17) is 0 Å². The largest absolute Gasteiger partial charge is 0.236 e. The summed E-state index contributed by atoms with van der Waals surface area (Å²) in [7, 11) is 0. The first-order chi connectivity index (χ1) is 9.27. The molecule has 2 aromatic rings. The Morgan fingerprint density at radius 1 is 0.789 bits per heavy atom. The summed E-state index contributed by atoms with van der Waals surface area (Å²) in [6.07, 6.45) is 3.81. The lowest BCUT2D eigenvalue weighted by Gasteiger charge is -2.04. The molecule has 0 bridgehead atoms. The molecule has 2 rings (SSSR count). The zero-order valence-corrected chi connectivity index (χ0v) is 13.0. The summed E-state index contributed by atoms with van der Waals surface area (Å²) in [6.45, 7) is 12.3. The van der Waals surface area contributed by atoms with Crippen molar-refractivity contribution in [2.75, 3.05) is 0 Å². The molecule has 1 aromatic heterocycles. The molecule has 1 heterocycles. The Kier molecular flexibility index (Phi) is 9.33. The summed E-state index contributed by atoms with van der Waals surface area (Å²) in [4.78, 5) is 8.72. The number of rotatable bonds is 2. The molecule has 0 unspecified atom stereocenters. The van der Waals surface area contributed by atoms with Crippen molar-refractivity contribution in [3.63, 3.8) is 0 Å². The van der Waals surface area contributed by atoms with E-state index < -0.39 is 0 Å². The lowest BCUT2D eigenvalue weighted by molar-refractivity contribution is 0.847. The maximum absolute atomic E-state index is 4.36. The van der Waals surface area contributed by atoms with Crippen LogP contribution in [0.1, 0.15) is 53.0 Å². The van der Waals surface area contributed by atoms with Gasteiger partial charge in [0.05, 0.1) is 0 Å². The fourth-order valence-electron chi connectivity index (χ4n) is 1.37. The minimum Gasteiger partial charge on any atom is -0.236 e. The van der Waals surface area contributed by atoms with Crippen LogP contribution in [0.25, 0.3) is 11.4 Å². The van der Waals surface area contributed by atoms with Gasteiger partial charge in [0.2, 0.25) is 0 Å². The van der Waals surface area contributed by atoms with Gasteiger partial charge in [0, 0.05) is 18.0 Å². The van der Waals surface area contributed by atoms with Gasteiger partial charge >= 0.3 is 0 Å². The van der Waals surface area contributed by atoms with Crippen molar-refractivity contribution in [2.45, 2.75) is 47.5 Å². The minimum atomic E-state index is 0.481. The smallest absolute Gasteiger partial charge is 0.159 e. The molecule has 0 aliphatic heterocycles. The van der Waals surface area contributed by atoms with Gasteiger partial charge in [-0.05, 0) is 11.5 Å². The Balaban J connectivity index is 0.000000741. The number of hydrogen-bond acceptors (Lipinski definition) is 2. The zero-order chi connectivity index (χ0) is 14.7. The van der Waals surface area contributed by atoms with Gasteiger partial charge in [0.1, 0.15) is 0 Å². The summed E-state index contributed by atoms with van der Waals surface area (Å²) in [6, 6.07) is 10.0. The van der Waals surface area contributed by atoms with E-state index in [1.54, 1.807) is 0 Å². The number of hydrogen-bond donors (Lipinski definition) is 0. The molecule has 104 valence electrons. The second-order valence-corrected chi connectivity index (χ2v) is 3.86. The van der Waals surface area contributed by atoms with Crippen molar-refractivity contribution in [3.05, 3.63) is 48.3 Å². The van der Waals surface area contributed by atoms with Gasteiger partial charge in [-0.3, -0.25) is 0 Å². The van der Waals surface area contributed by atoms with Crippen LogP contribution in [0.15, 0.2) is 42.7 Å². The van der Waals surface area contributed by atoms with Crippen LogP contribution in [-0.4, -0.2) is 9.97 Å². The molecule has 0 saturated heterocycles. The Bertz CT molecular complexity index is 419. The van der Waals surface area contributed by atoms with Gasteiger partial charge in [0.25, 0.3) is 0 Å². The third-order valence-electron chi connectivity index (χ3n) is 2.37. The van der Waals surface area contributed by atoms with E-state index in [9.17, 15) is 0 Å². The van der Waals surface area contributed by atoms with E-state index in [-0.39, 0.29) is 0 Å². The summed E-state index contributed by atoms with van der Waals surface area (Å²) >= 11 is 0. The van der Waals surface area contributed by atoms with Crippen LogP contribution in [0.4, 0.5) is 0 Å². The molecule has 0 saturated carbocycles. The lowest BCUT2D eigenvalue weighted by atomic mass is 10.1. The summed E-state index contributed by atoms with van der Waals surface area (Å²) in [5.41, 5.74) is 2.24. The van der Waals surface area contributed by atoms with E-state index in [0.29, 0.717) is 5.92 Å². The Labute approximate surface area is 117 Å². The highest BCUT2D eigenvalue weighted by molar-refractivity contribution is 5.53. The van der Waals surface area contributed by atoms with Crippen molar-refractivity contribution in [1.29, 1.82) is 0 Å². The molecular weight excluding hydrogens is 232 g/mol. The highest BCUT2D eigenvalue weighted by Gasteiger charge is 2.02. The van der Waals surface area contributed by atoms with Crippen molar-refractivity contribution >= 4 is 0 Å². The van der Waals surface area contributed by atoms with Crippen LogP contribution < -0.4 is 0 Å². The van der Waals surface area contributed by atoms with Crippen molar-refractivity contribution < 1.29 is 0 Å². The fourth-order valence-corrected chi connectivity index (χ4v) is 1.37. The van der Waals surface area contributed by atoms with Gasteiger partial charge in [0.15, 0.2) is 5.82 Å². The topological polar surface area (TPSA) is 25.8 Å². The van der Waals surface area contributed by atoms with Gasteiger partial charge in [-0.15, -0.1) is 0 Å². The molecule has 0 amide bonds. The zero-order valence-electron chi connectivity index (χ0n) is 13.0. The second-order valence-electron chi connectivity index (χ2n) is 3.86. The van der Waals surface area contributed by atoms with E-state index in [1.807, 2.05) is 70.4 Å². The molecular formula is C17H26N2. The highest BCUT2D eigenvalue weighted by atomic mass is 14.9. The minimum absolute atomic E-state index is 0.481. The molecule has 0 aliphatic rings. The SMILES string of the molecule is CC.CC.CC(C)c1cnc(-c2ccccc2)nc1. The Hall–Kier alpha value is -1.70. The standard InChI is InChI=1S/C13H14N2.2C2H6/c1-10(2)12-8-14-13(15-9-12)11-6-4-3-5-7-11;2*1-2/h3-10H,1-2H3;2*1-2H3. The molecule has 1 aromatic carbocycles. The van der Waals surface area contributed by atoms with Crippen LogP contribution in [0.3, 0.4) is 0 Å². The monoisotopic (exact) mass is 258 g/mol. The molecule has 0 N–H and O–H groups in total. The molecule has 0 fully saturated rings. The lowest BCUT2D eigenvalue weighted by Crippen LogP contribution is -1.93. The fraction of sp³-hybridized carbons (Fsp3) is 0.412. The first kappa shape index (κ1) is 17.3. The van der Waals surface area contributed by atoms with Gasteiger partial charge in [-0.2, -0.15) is 0 Å². The van der Waals surface area contributed by atoms with Crippen LogP contribution in [-0.2, 0) is 0 Å². The Morgan fingerprint density at radius 3 is 1.68 bits per heavy atom. The number of nitrogens with zero attached hydrogens (tertiary/aromatic N) is 2. The third-order valence-corrected chi connectivity index (χ3v) is 2.37. The van der Waals surface area contributed by atoms with E-state index in [0.717, 1.165) is 11.4 Å². The quantitative estimate of drug-likeness (QED) is 0.728. The highest BCUT2D eigenvalue weighted by Crippen LogP contribution is 2.16. The van der Waals surface area contributed by atoms with Crippen molar-refractivity contribution in [1.82, 2.24) is 9.97 Å². The van der Waals surface area contributed by atoms with Gasteiger partial charge in [-0.25, -0.2) is 9.97 Å². The van der Waals surface area contributed by atoms with E-state index >= 15 is 0 Å². The first-order valence-corrected chi connectivity index (χ1v) is 7.15. The molecule has 2 nitrogen and oxygen atoms in total. The van der Waals surface area contributed by atoms with Crippen LogP contribution >= 0.6 is 0 Å². The molecule has 0 spiro atoms. The molecule has 2 heteroatoms. The van der Waals surface area contributed by atoms with Crippen LogP contribution in [0.2, 0.25) is 0 Å². The number of benzene rings is 1. The van der Waals surface area contributed by atoms with Crippen molar-refractivity contribution in [2.24, 2.45) is 0 Å². The summed E-state index contributed by atoms with van der Waals surface area (Å²) in [5.74, 6) is 1.27. The predicted octanol–water partition coefficient (Wildman–Crippen LogP) is 5.32. The third kappa shape index (κ3) is 5.64. The normalized spacial score (nSPS) is 9.00. The van der Waals surface area contributed by atoms with Crippen molar-refractivity contribution in [3.8, 4) is 11.4 Å². The molecule has 0 aliphatic carbocycles. The molecule has 0 atom stereocenters. The Morgan fingerprint density at radius 2 is 1.26 bits per heavy atom. The van der Waals surface area contributed by atoms with Gasteiger partial charge < -0.3 is 0 Å². The maximum Gasteiger partial charge on any atom is 0.159 e. The van der Waals surface area contributed by atoms with Gasteiger partial charge in [-0.1, -0.05) is 71.9 Å². The van der Waals surface area contributed by atoms with Crippen LogP contribution in [0, 0.1) is 0 Å². The average molecular weight is 258 g/mol. The van der Waals surface area contributed by atoms with Crippen LogP contribution in [0.5, 0.6) is 0 Å². The summed E-state index contributed by atoms with van der Waals surface area (Å²) in [5, 5.41) is 0. The first-order valence-electron chi connectivity index (χ1n) is 7.15. The van der Waals surface area contributed by atoms with E-state index in [1.165, 1.54) is 5.56 Å². The maximum atomic E-state index is 4.36.